The van der Waals surface area contributed by atoms with Crippen LogP contribution < -0.4 is 10.6 Å². The van der Waals surface area contributed by atoms with Gasteiger partial charge in [-0.25, -0.2) is 0 Å². The predicted molar refractivity (Wildman–Crippen MR) is 78.7 cm³/mol. The number of nitro groups is 1. The maximum atomic E-state index is 12.1. The minimum atomic E-state index is -0.486. The molecule has 1 aromatic rings. The molecular formula is C13H16BrN3O3. The van der Waals surface area contributed by atoms with Crippen molar-refractivity contribution in [3.8, 4) is 0 Å². The molecule has 0 bridgehead atoms. The average Bonchev–Trinajstić information content (AvgIpc) is 2.45. The molecule has 1 fully saturated rings. The summed E-state index contributed by atoms with van der Waals surface area (Å²) < 4.78 is 0.436. The molecule has 0 aromatic heterocycles. The van der Waals surface area contributed by atoms with Crippen LogP contribution in [0.5, 0.6) is 0 Å². The number of carbonyl (C=O) groups is 1. The van der Waals surface area contributed by atoms with Gasteiger partial charge in [0, 0.05) is 23.2 Å². The van der Waals surface area contributed by atoms with Crippen molar-refractivity contribution >= 4 is 27.5 Å². The number of nitrogens with one attached hydrogen (secondary N) is 2. The molecule has 1 aromatic carbocycles. The Bertz CT molecular complexity index is 516. The number of amides is 1. The maximum Gasteiger partial charge on any atom is 0.270 e. The Morgan fingerprint density at radius 1 is 1.55 bits per heavy atom. The number of nitrogens with zero attached hydrogens (tertiary/aromatic N) is 1. The molecule has 1 amide bonds. The van der Waals surface area contributed by atoms with E-state index in [1.807, 2.05) is 0 Å². The zero-order valence-electron chi connectivity index (χ0n) is 10.9. The predicted octanol–water partition coefficient (Wildman–Crippen LogP) is 2.09. The summed E-state index contributed by atoms with van der Waals surface area (Å²) in [5.41, 5.74) is 0.379. The molecule has 2 rings (SSSR count). The first-order valence-electron chi connectivity index (χ1n) is 6.51. The Balaban J connectivity index is 1.96. The van der Waals surface area contributed by atoms with Crippen molar-refractivity contribution in [3.63, 3.8) is 0 Å². The number of nitro benzene ring substituents is 1. The summed E-state index contributed by atoms with van der Waals surface area (Å²) in [7, 11) is 0. The van der Waals surface area contributed by atoms with Gasteiger partial charge in [-0.1, -0.05) is 0 Å². The first kappa shape index (κ1) is 14.9. The minimum absolute atomic E-state index is 0.0371. The summed E-state index contributed by atoms with van der Waals surface area (Å²) in [6.45, 7) is 2.58. The SMILES string of the molecule is O=C(NCC1CCCNC1)c1ccc([N+](=O)[O-])cc1Br. The Labute approximate surface area is 125 Å². The Morgan fingerprint density at radius 2 is 2.35 bits per heavy atom. The van der Waals surface area contributed by atoms with Gasteiger partial charge < -0.3 is 10.6 Å². The Hall–Kier alpha value is -1.47. The molecule has 0 saturated carbocycles. The molecule has 0 radical (unpaired) electrons. The highest BCUT2D eigenvalue weighted by atomic mass is 79.9. The highest BCUT2D eigenvalue weighted by Gasteiger charge is 2.17. The second kappa shape index (κ2) is 6.81. The lowest BCUT2D eigenvalue weighted by Gasteiger charge is -2.22. The van der Waals surface area contributed by atoms with Crippen molar-refractivity contribution in [3.05, 3.63) is 38.3 Å². The van der Waals surface area contributed by atoms with E-state index in [2.05, 4.69) is 26.6 Å². The number of benzene rings is 1. The monoisotopic (exact) mass is 341 g/mol. The van der Waals surface area contributed by atoms with Gasteiger partial charge in [-0.05, 0) is 53.8 Å². The standard InChI is InChI=1S/C13H16BrN3O3/c14-12-6-10(17(19)20)3-4-11(12)13(18)16-8-9-2-1-5-15-7-9/h3-4,6,9,15H,1-2,5,7-8H2,(H,16,18). The third kappa shape index (κ3) is 3.77. The number of hydrogen-bond donors (Lipinski definition) is 2. The van der Waals surface area contributed by atoms with Crippen LogP contribution in [0.15, 0.2) is 22.7 Å². The van der Waals surface area contributed by atoms with E-state index < -0.39 is 4.92 Å². The first-order valence-corrected chi connectivity index (χ1v) is 7.30. The van der Waals surface area contributed by atoms with Crippen LogP contribution in [0.3, 0.4) is 0 Å². The van der Waals surface area contributed by atoms with Crippen LogP contribution in [0.4, 0.5) is 5.69 Å². The summed E-state index contributed by atoms with van der Waals surface area (Å²) in [5, 5.41) is 16.8. The van der Waals surface area contributed by atoms with E-state index in [-0.39, 0.29) is 11.6 Å². The van der Waals surface area contributed by atoms with Gasteiger partial charge in [-0.15, -0.1) is 0 Å². The normalized spacial score (nSPS) is 18.6. The minimum Gasteiger partial charge on any atom is -0.352 e. The highest BCUT2D eigenvalue weighted by molar-refractivity contribution is 9.10. The second-order valence-electron chi connectivity index (χ2n) is 4.84. The molecule has 1 heterocycles. The molecule has 1 unspecified atom stereocenters. The van der Waals surface area contributed by atoms with Crippen LogP contribution >= 0.6 is 15.9 Å². The first-order chi connectivity index (χ1) is 9.58. The number of halogens is 1. The van der Waals surface area contributed by atoms with Gasteiger partial charge in [0.25, 0.3) is 11.6 Å². The van der Waals surface area contributed by atoms with Gasteiger partial charge in [0.1, 0.15) is 0 Å². The van der Waals surface area contributed by atoms with E-state index in [0.717, 1.165) is 25.9 Å². The van der Waals surface area contributed by atoms with Crippen molar-refractivity contribution in [1.82, 2.24) is 10.6 Å². The molecule has 1 atom stereocenters. The number of carbonyl (C=O) groups excluding carboxylic acids is 1. The third-order valence-corrected chi connectivity index (χ3v) is 4.01. The molecule has 1 aliphatic rings. The van der Waals surface area contributed by atoms with E-state index >= 15 is 0 Å². The summed E-state index contributed by atoms with van der Waals surface area (Å²) in [4.78, 5) is 22.2. The van der Waals surface area contributed by atoms with Crippen molar-refractivity contribution in [1.29, 1.82) is 0 Å². The van der Waals surface area contributed by atoms with Crippen LogP contribution in [0.2, 0.25) is 0 Å². The fourth-order valence-electron chi connectivity index (χ4n) is 2.23. The Kier molecular flexibility index (Phi) is 5.08. The summed E-state index contributed by atoms with van der Waals surface area (Å²) in [6, 6.07) is 4.15. The van der Waals surface area contributed by atoms with Crippen LogP contribution in [0.1, 0.15) is 23.2 Å². The summed E-state index contributed by atoms with van der Waals surface area (Å²) >= 11 is 3.20. The van der Waals surface area contributed by atoms with E-state index in [9.17, 15) is 14.9 Å². The molecule has 0 spiro atoms. The topological polar surface area (TPSA) is 84.3 Å². The van der Waals surface area contributed by atoms with Gasteiger partial charge >= 0.3 is 0 Å². The average molecular weight is 342 g/mol. The van der Waals surface area contributed by atoms with Crippen molar-refractivity contribution in [2.24, 2.45) is 5.92 Å². The number of rotatable bonds is 4. The smallest absolute Gasteiger partial charge is 0.270 e. The molecule has 1 saturated heterocycles. The van der Waals surface area contributed by atoms with Crippen molar-refractivity contribution in [2.75, 3.05) is 19.6 Å². The second-order valence-corrected chi connectivity index (χ2v) is 5.70. The van der Waals surface area contributed by atoms with Crippen LogP contribution in [0.25, 0.3) is 0 Å². The Morgan fingerprint density at radius 3 is 2.95 bits per heavy atom. The van der Waals surface area contributed by atoms with Gasteiger partial charge in [-0.2, -0.15) is 0 Å². The fourth-order valence-corrected chi connectivity index (χ4v) is 2.78. The molecule has 2 N–H and O–H groups in total. The molecule has 20 heavy (non-hydrogen) atoms. The quantitative estimate of drug-likeness (QED) is 0.648. The molecule has 108 valence electrons. The molecule has 7 heteroatoms. The van der Waals surface area contributed by atoms with Crippen molar-refractivity contribution in [2.45, 2.75) is 12.8 Å². The number of non-ortho nitro benzene ring substituents is 1. The van der Waals surface area contributed by atoms with E-state index in [4.69, 9.17) is 0 Å². The van der Waals surface area contributed by atoms with Gasteiger partial charge in [-0.3, -0.25) is 14.9 Å². The molecule has 6 nitrogen and oxygen atoms in total. The van der Waals surface area contributed by atoms with Crippen LogP contribution in [-0.2, 0) is 0 Å². The zero-order valence-corrected chi connectivity index (χ0v) is 12.5. The highest BCUT2D eigenvalue weighted by Crippen LogP contribution is 2.23. The lowest BCUT2D eigenvalue weighted by atomic mass is 9.99. The van der Waals surface area contributed by atoms with Gasteiger partial charge in [0.05, 0.1) is 10.5 Å². The van der Waals surface area contributed by atoms with Crippen LogP contribution in [0, 0.1) is 16.0 Å². The van der Waals surface area contributed by atoms with E-state index in [1.165, 1.54) is 18.2 Å². The van der Waals surface area contributed by atoms with E-state index in [1.54, 1.807) is 0 Å². The fraction of sp³-hybridized carbons (Fsp3) is 0.462. The molecular weight excluding hydrogens is 326 g/mol. The summed E-state index contributed by atoms with van der Waals surface area (Å²) in [5.74, 6) is 0.238. The van der Waals surface area contributed by atoms with Crippen molar-refractivity contribution < 1.29 is 9.72 Å². The molecule has 1 aliphatic heterocycles. The largest absolute Gasteiger partial charge is 0.352 e. The zero-order chi connectivity index (χ0) is 14.5. The lowest BCUT2D eigenvalue weighted by molar-refractivity contribution is -0.384. The third-order valence-electron chi connectivity index (χ3n) is 3.36. The van der Waals surface area contributed by atoms with Gasteiger partial charge in [0.2, 0.25) is 0 Å². The van der Waals surface area contributed by atoms with Gasteiger partial charge in [0.15, 0.2) is 0 Å². The summed E-state index contributed by atoms with van der Waals surface area (Å²) in [6.07, 6.45) is 2.23. The van der Waals surface area contributed by atoms with Crippen LogP contribution in [-0.4, -0.2) is 30.5 Å². The molecule has 0 aliphatic carbocycles. The number of piperidine rings is 1. The lowest BCUT2D eigenvalue weighted by Crippen LogP contribution is -2.38. The number of hydrogen-bond acceptors (Lipinski definition) is 4. The van der Waals surface area contributed by atoms with E-state index in [0.29, 0.717) is 22.5 Å². The maximum absolute atomic E-state index is 12.1.